The third-order valence-electron chi connectivity index (χ3n) is 2.39. The van der Waals surface area contributed by atoms with E-state index in [0.717, 1.165) is 4.47 Å². The highest BCUT2D eigenvalue weighted by Gasteiger charge is 2.22. The molecule has 2 aromatic carbocycles. The van der Waals surface area contributed by atoms with Crippen LogP contribution in [0.5, 0.6) is 0 Å². The molecule has 2 rings (SSSR count). The molecule has 0 heterocycles. The van der Waals surface area contributed by atoms with Gasteiger partial charge in [0.15, 0.2) is 0 Å². The normalized spacial score (nSPS) is 11.3. The lowest BCUT2D eigenvalue weighted by Gasteiger charge is -2.11. The van der Waals surface area contributed by atoms with Gasteiger partial charge in [0.25, 0.3) is 10.0 Å². The Bertz CT molecular complexity index is 726. The summed E-state index contributed by atoms with van der Waals surface area (Å²) in [4.78, 5) is -0.196. The van der Waals surface area contributed by atoms with E-state index in [1.807, 2.05) is 0 Å². The second-order valence-corrected chi connectivity index (χ2v) is 7.28. The lowest BCUT2D eigenvalue weighted by Crippen LogP contribution is -2.14. The summed E-state index contributed by atoms with van der Waals surface area (Å²) in [7, 11) is -3.89. The molecule has 0 aliphatic heterocycles. The minimum atomic E-state index is -3.89. The Labute approximate surface area is 135 Å². The minimum Gasteiger partial charge on any atom is -0.399 e. The quantitative estimate of drug-likeness (QED) is 0.767. The van der Waals surface area contributed by atoms with Gasteiger partial charge >= 0.3 is 0 Å². The molecular weight excluding hydrogens is 387 g/mol. The van der Waals surface area contributed by atoms with Gasteiger partial charge in [-0.25, -0.2) is 8.42 Å². The van der Waals surface area contributed by atoms with E-state index in [9.17, 15) is 8.42 Å². The van der Waals surface area contributed by atoms with Gasteiger partial charge in [-0.2, -0.15) is 0 Å². The van der Waals surface area contributed by atoms with Crippen LogP contribution < -0.4 is 10.5 Å². The summed E-state index contributed by atoms with van der Waals surface area (Å²) in [6, 6.07) is 9.32. The Balaban J connectivity index is 2.43. The molecule has 3 N–H and O–H groups in total. The third-order valence-corrected chi connectivity index (χ3v) is 5.22. The summed E-state index contributed by atoms with van der Waals surface area (Å²) < 4.78 is 27.9. The molecule has 0 saturated carbocycles. The number of hydrogen-bond donors (Lipinski definition) is 2. The second-order valence-electron chi connectivity index (χ2n) is 3.93. The van der Waals surface area contributed by atoms with Crippen LogP contribution in [-0.2, 0) is 10.0 Å². The Morgan fingerprint density at radius 3 is 2.05 bits per heavy atom. The summed E-state index contributed by atoms with van der Waals surface area (Å²) in [6.45, 7) is 0. The van der Waals surface area contributed by atoms with Crippen LogP contribution in [0.25, 0.3) is 0 Å². The van der Waals surface area contributed by atoms with Crippen molar-refractivity contribution in [1.82, 2.24) is 0 Å². The smallest absolute Gasteiger partial charge is 0.264 e. The molecule has 0 amide bonds. The fourth-order valence-corrected chi connectivity index (χ4v) is 4.12. The summed E-state index contributed by atoms with van der Waals surface area (Å²) in [5, 5.41) is -0.0563. The van der Waals surface area contributed by atoms with Crippen LogP contribution in [0.1, 0.15) is 0 Å². The highest BCUT2D eigenvalue weighted by atomic mass is 79.9. The van der Waals surface area contributed by atoms with Crippen LogP contribution >= 0.6 is 39.1 Å². The second kappa shape index (κ2) is 5.81. The van der Waals surface area contributed by atoms with Gasteiger partial charge in [-0.05, 0) is 36.4 Å². The largest absolute Gasteiger partial charge is 0.399 e. The van der Waals surface area contributed by atoms with Crippen molar-refractivity contribution in [2.24, 2.45) is 0 Å². The number of anilines is 2. The average Bonchev–Trinajstić information content (AvgIpc) is 2.30. The average molecular weight is 396 g/mol. The maximum atomic E-state index is 12.3. The number of sulfonamides is 1. The van der Waals surface area contributed by atoms with Gasteiger partial charge in [-0.15, -0.1) is 0 Å². The Kier molecular flexibility index (Phi) is 4.49. The lowest BCUT2D eigenvalue weighted by molar-refractivity contribution is 0.601. The molecule has 106 valence electrons. The number of halogens is 3. The van der Waals surface area contributed by atoms with Crippen molar-refractivity contribution in [2.45, 2.75) is 4.90 Å². The van der Waals surface area contributed by atoms with E-state index >= 15 is 0 Å². The molecule has 0 aromatic heterocycles. The Morgan fingerprint density at radius 1 is 1.05 bits per heavy atom. The summed E-state index contributed by atoms with van der Waals surface area (Å²) in [5.74, 6) is 0. The maximum absolute atomic E-state index is 12.3. The molecule has 0 bridgehead atoms. The minimum absolute atomic E-state index is 0.0281. The number of nitrogens with one attached hydrogen (secondary N) is 1. The highest BCUT2D eigenvalue weighted by Crippen LogP contribution is 2.33. The van der Waals surface area contributed by atoms with Crippen LogP contribution in [-0.4, -0.2) is 8.42 Å². The maximum Gasteiger partial charge on any atom is 0.264 e. The van der Waals surface area contributed by atoms with Gasteiger partial charge in [0.05, 0.1) is 10.0 Å². The summed E-state index contributed by atoms with van der Waals surface area (Å²) in [5.41, 5.74) is 6.25. The van der Waals surface area contributed by atoms with Gasteiger partial charge in [-0.3, -0.25) is 4.72 Å². The fourth-order valence-electron chi connectivity index (χ4n) is 1.56. The van der Waals surface area contributed by atoms with Crippen LogP contribution in [0.15, 0.2) is 45.8 Å². The topological polar surface area (TPSA) is 72.2 Å². The zero-order valence-electron chi connectivity index (χ0n) is 9.90. The standard InChI is InChI=1S/C12H9BrCl2N2O2S/c13-7-1-3-9(4-2-7)17-20(18,19)12-10(14)5-8(16)6-11(12)15/h1-6,17H,16H2. The van der Waals surface area contributed by atoms with E-state index < -0.39 is 10.0 Å². The number of rotatable bonds is 3. The number of hydrogen-bond acceptors (Lipinski definition) is 3. The van der Waals surface area contributed by atoms with Crippen molar-refractivity contribution < 1.29 is 8.42 Å². The van der Waals surface area contributed by atoms with E-state index in [-0.39, 0.29) is 14.9 Å². The molecule has 0 atom stereocenters. The lowest BCUT2D eigenvalue weighted by atomic mass is 10.3. The van der Waals surface area contributed by atoms with E-state index in [4.69, 9.17) is 28.9 Å². The van der Waals surface area contributed by atoms with E-state index in [0.29, 0.717) is 11.4 Å². The molecule has 0 aliphatic rings. The predicted molar refractivity (Wildman–Crippen MR) is 85.8 cm³/mol. The zero-order valence-corrected chi connectivity index (χ0v) is 13.8. The SMILES string of the molecule is Nc1cc(Cl)c(S(=O)(=O)Nc2ccc(Br)cc2)c(Cl)c1. The van der Waals surface area contributed by atoms with Crippen molar-refractivity contribution in [1.29, 1.82) is 0 Å². The van der Waals surface area contributed by atoms with Crippen molar-refractivity contribution in [3.05, 3.63) is 50.9 Å². The van der Waals surface area contributed by atoms with E-state index in [1.165, 1.54) is 12.1 Å². The molecule has 0 radical (unpaired) electrons. The fraction of sp³-hybridized carbons (Fsp3) is 0. The predicted octanol–water partition coefficient (Wildman–Crippen LogP) is 4.14. The van der Waals surface area contributed by atoms with E-state index in [1.54, 1.807) is 24.3 Å². The van der Waals surface area contributed by atoms with Crippen LogP contribution in [0.3, 0.4) is 0 Å². The van der Waals surface area contributed by atoms with Crippen molar-refractivity contribution in [2.75, 3.05) is 10.5 Å². The number of nitrogen functional groups attached to an aromatic ring is 1. The molecule has 0 spiro atoms. The first-order chi connectivity index (χ1) is 9.29. The molecule has 0 saturated heterocycles. The molecule has 2 aromatic rings. The van der Waals surface area contributed by atoms with Crippen LogP contribution in [0.4, 0.5) is 11.4 Å². The molecule has 4 nitrogen and oxygen atoms in total. The Morgan fingerprint density at radius 2 is 1.55 bits per heavy atom. The molecule has 0 unspecified atom stereocenters. The molecule has 0 fully saturated rings. The first-order valence-electron chi connectivity index (χ1n) is 5.32. The monoisotopic (exact) mass is 394 g/mol. The van der Waals surface area contributed by atoms with Crippen molar-refractivity contribution >= 4 is 60.5 Å². The third kappa shape index (κ3) is 3.38. The van der Waals surface area contributed by atoms with Crippen molar-refractivity contribution in [3.8, 4) is 0 Å². The van der Waals surface area contributed by atoms with Gasteiger partial charge in [0, 0.05) is 15.8 Å². The van der Waals surface area contributed by atoms with Crippen molar-refractivity contribution in [3.63, 3.8) is 0 Å². The van der Waals surface area contributed by atoms with Crippen LogP contribution in [0.2, 0.25) is 10.0 Å². The van der Waals surface area contributed by atoms with Gasteiger partial charge in [0.2, 0.25) is 0 Å². The number of nitrogens with two attached hydrogens (primary N) is 1. The first kappa shape index (κ1) is 15.4. The summed E-state index contributed by atoms with van der Waals surface area (Å²) in [6.07, 6.45) is 0. The van der Waals surface area contributed by atoms with E-state index in [2.05, 4.69) is 20.7 Å². The van der Waals surface area contributed by atoms with Crippen LogP contribution in [0, 0.1) is 0 Å². The molecule has 0 aliphatic carbocycles. The molecule has 20 heavy (non-hydrogen) atoms. The van der Waals surface area contributed by atoms with Gasteiger partial charge in [-0.1, -0.05) is 39.1 Å². The highest BCUT2D eigenvalue weighted by molar-refractivity contribution is 9.10. The summed E-state index contributed by atoms with van der Waals surface area (Å²) >= 11 is 15.1. The molecule has 8 heteroatoms. The van der Waals surface area contributed by atoms with Gasteiger partial charge in [0.1, 0.15) is 4.90 Å². The Hall–Kier alpha value is -0.950. The zero-order chi connectivity index (χ0) is 14.9. The number of benzene rings is 2. The molecular formula is C12H9BrCl2N2O2S. The van der Waals surface area contributed by atoms with Gasteiger partial charge < -0.3 is 5.73 Å². The first-order valence-corrected chi connectivity index (χ1v) is 8.36.